The summed E-state index contributed by atoms with van der Waals surface area (Å²) in [6.45, 7) is 2.45. The number of sulfone groups is 1. The second kappa shape index (κ2) is 7.72. The summed E-state index contributed by atoms with van der Waals surface area (Å²) in [5.74, 6) is 0.0992. The molecular weight excluding hydrogens is 380 g/mol. The molecule has 0 N–H and O–H groups in total. The minimum absolute atomic E-state index is 0.0992. The van der Waals surface area contributed by atoms with Gasteiger partial charge in [-0.2, -0.15) is 0 Å². The minimum atomic E-state index is -3.25. The highest BCUT2D eigenvalue weighted by Crippen LogP contribution is 2.41. The average molecular weight is 407 g/mol. The second-order valence-corrected chi connectivity index (χ2v) is 10.4. The highest BCUT2D eigenvalue weighted by Gasteiger charge is 2.42. The average Bonchev–Trinajstić information content (AvgIpc) is 3.05. The van der Waals surface area contributed by atoms with Crippen molar-refractivity contribution >= 4 is 27.1 Å². The molecule has 1 aromatic heterocycles. The van der Waals surface area contributed by atoms with E-state index in [1.807, 2.05) is 31.5 Å². The van der Waals surface area contributed by atoms with Gasteiger partial charge in [-0.25, -0.2) is 13.4 Å². The fourth-order valence-electron chi connectivity index (χ4n) is 3.92. The van der Waals surface area contributed by atoms with Crippen molar-refractivity contribution in [2.45, 2.75) is 55.9 Å². The Kier molecular flexibility index (Phi) is 5.72. The predicted octanol–water partition coefficient (Wildman–Crippen LogP) is 3.72. The van der Waals surface area contributed by atoms with E-state index in [2.05, 4.69) is 4.98 Å². The van der Waals surface area contributed by atoms with Crippen molar-refractivity contribution in [2.24, 2.45) is 0 Å². The quantitative estimate of drug-likeness (QED) is 0.759. The Hall–Kier alpha value is -1.73. The third-order valence-electron chi connectivity index (χ3n) is 5.34. The first kappa shape index (κ1) is 20.0. The number of aryl methyl sites for hydroxylation is 1. The van der Waals surface area contributed by atoms with Crippen molar-refractivity contribution in [3.05, 3.63) is 45.9 Å². The number of benzene rings is 1. The summed E-state index contributed by atoms with van der Waals surface area (Å²) in [4.78, 5) is 20.0. The van der Waals surface area contributed by atoms with E-state index in [1.165, 1.54) is 6.26 Å². The molecule has 0 unspecified atom stereocenters. The van der Waals surface area contributed by atoms with Gasteiger partial charge in [0.1, 0.15) is 5.01 Å². The van der Waals surface area contributed by atoms with Gasteiger partial charge in [0.15, 0.2) is 9.84 Å². The molecule has 0 radical (unpaired) electrons. The molecule has 1 saturated carbocycles. The van der Waals surface area contributed by atoms with Crippen LogP contribution in [0.2, 0.25) is 0 Å². The molecule has 0 aliphatic heterocycles. The van der Waals surface area contributed by atoms with Crippen LogP contribution in [0, 0.1) is 6.92 Å². The third kappa shape index (κ3) is 4.24. The summed E-state index contributed by atoms with van der Waals surface area (Å²) in [5, 5.41) is 2.93. The number of hydrogen-bond donors (Lipinski definition) is 0. The van der Waals surface area contributed by atoms with Crippen molar-refractivity contribution < 1.29 is 13.2 Å². The van der Waals surface area contributed by atoms with Gasteiger partial charge < -0.3 is 4.90 Å². The highest BCUT2D eigenvalue weighted by atomic mass is 32.2. The molecule has 1 aromatic carbocycles. The molecule has 0 spiro atoms. The van der Waals surface area contributed by atoms with Crippen molar-refractivity contribution in [1.29, 1.82) is 0 Å². The van der Waals surface area contributed by atoms with Crippen LogP contribution >= 0.6 is 11.3 Å². The van der Waals surface area contributed by atoms with E-state index in [0.29, 0.717) is 6.54 Å². The Bertz CT molecular complexity index is 911. The number of likely N-dealkylation sites (N-methyl/N-ethyl adjacent to an activating group) is 1. The van der Waals surface area contributed by atoms with Crippen molar-refractivity contribution in [3.8, 4) is 0 Å². The number of carbonyl (C=O) groups excluding carboxylic acids is 1. The Balaban J connectivity index is 1.91. The zero-order valence-electron chi connectivity index (χ0n) is 16.1. The molecule has 1 aliphatic rings. The maximum atomic E-state index is 13.5. The highest BCUT2D eigenvalue weighted by molar-refractivity contribution is 7.90. The van der Waals surface area contributed by atoms with Crippen LogP contribution in [0.5, 0.6) is 0 Å². The monoisotopic (exact) mass is 406 g/mol. The molecule has 0 saturated heterocycles. The molecular formula is C20H26N2O3S2. The Morgan fingerprint density at radius 2 is 1.81 bits per heavy atom. The van der Waals surface area contributed by atoms with Crippen LogP contribution < -0.4 is 0 Å². The topological polar surface area (TPSA) is 67.3 Å². The predicted molar refractivity (Wildman–Crippen MR) is 108 cm³/mol. The van der Waals surface area contributed by atoms with E-state index in [1.54, 1.807) is 28.4 Å². The Morgan fingerprint density at radius 1 is 1.19 bits per heavy atom. The molecule has 2 aromatic rings. The molecule has 0 bridgehead atoms. The fraction of sp³-hybridized carbons (Fsp3) is 0.500. The molecule has 7 heteroatoms. The second-order valence-electron chi connectivity index (χ2n) is 7.48. The summed E-state index contributed by atoms with van der Waals surface area (Å²) in [6.07, 6.45) is 5.93. The fourth-order valence-corrected chi connectivity index (χ4v) is 5.37. The van der Waals surface area contributed by atoms with E-state index in [9.17, 15) is 13.2 Å². The number of carbonyl (C=O) groups is 1. The first-order valence-corrected chi connectivity index (χ1v) is 12.0. The first-order valence-electron chi connectivity index (χ1n) is 9.19. The lowest BCUT2D eigenvalue weighted by molar-refractivity contribution is -0.138. The SMILES string of the molecule is Cc1csc(CN(C)C(=O)C2(c3ccc(S(C)(=O)=O)cc3)CCCCC2)n1. The first-order chi connectivity index (χ1) is 12.7. The molecule has 146 valence electrons. The Labute approximate surface area is 165 Å². The molecule has 1 heterocycles. The van der Waals surface area contributed by atoms with Gasteiger partial charge >= 0.3 is 0 Å². The standard InChI is InChI=1S/C20H26N2O3S2/c1-15-14-26-18(21-15)13-22(2)19(23)20(11-5-4-6-12-20)16-7-9-17(10-8-16)27(3,24)25/h7-10,14H,4-6,11-13H2,1-3H3. The van der Waals surface area contributed by atoms with Crippen LogP contribution in [0.15, 0.2) is 34.5 Å². The van der Waals surface area contributed by atoms with Gasteiger partial charge in [-0.3, -0.25) is 4.79 Å². The van der Waals surface area contributed by atoms with E-state index >= 15 is 0 Å². The van der Waals surface area contributed by atoms with Gasteiger partial charge in [0.25, 0.3) is 0 Å². The lowest BCUT2D eigenvalue weighted by Gasteiger charge is -2.39. The Morgan fingerprint density at radius 3 is 2.33 bits per heavy atom. The summed E-state index contributed by atoms with van der Waals surface area (Å²) < 4.78 is 23.5. The summed E-state index contributed by atoms with van der Waals surface area (Å²) in [7, 11) is -1.41. The smallest absolute Gasteiger partial charge is 0.233 e. The van der Waals surface area contributed by atoms with Gasteiger partial charge in [0, 0.05) is 24.4 Å². The summed E-state index contributed by atoms with van der Waals surface area (Å²) in [5.41, 5.74) is 1.32. The van der Waals surface area contributed by atoms with Gasteiger partial charge in [-0.05, 0) is 37.5 Å². The van der Waals surface area contributed by atoms with Crippen LogP contribution in [0.4, 0.5) is 0 Å². The maximum Gasteiger partial charge on any atom is 0.233 e. The van der Waals surface area contributed by atoms with Crippen LogP contribution in [-0.4, -0.2) is 37.5 Å². The molecule has 1 aliphatic carbocycles. The number of amides is 1. The van der Waals surface area contributed by atoms with Crippen LogP contribution in [0.3, 0.4) is 0 Å². The number of rotatable bonds is 5. The number of aromatic nitrogens is 1. The van der Waals surface area contributed by atoms with Crippen molar-refractivity contribution in [3.63, 3.8) is 0 Å². The third-order valence-corrected chi connectivity index (χ3v) is 7.42. The van der Waals surface area contributed by atoms with E-state index in [0.717, 1.165) is 48.4 Å². The lowest BCUT2D eigenvalue weighted by Crippen LogP contribution is -2.46. The zero-order chi connectivity index (χ0) is 19.7. The molecule has 27 heavy (non-hydrogen) atoms. The summed E-state index contributed by atoms with van der Waals surface area (Å²) in [6, 6.07) is 6.89. The number of thiazole rings is 1. The molecule has 1 amide bonds. The maximum absolute atomic E-state index is 13.5. The van der Waals surface area contributed by atoms with Gasteiger partial charge in [-0.15, -0.1) is 11.3 Å². The van der Waals surface area contributed by atoms with E-state index < -0.39 is 15.3 Å². The van der Waals surface area contributed by atoms with Crippen LogP contribution in [0.25, 0.3) is 0 Å². The van der Waals surface area contributed by atoms with Gasteiger partial charge in [-0.1, -0.05) is 31.4 Å². The van der Waals surface area contributed by atoms with Gasteiger partial charge in [0.05, 0.1) is 16.9 Å². The molecule has 1 fully saturated rings. The van der Waals surface area contributed by atoms with E-state index in [-0.39, 0.29) is 10.8 Å². The number of hydrogen-bond acceptors (Lipinski definition) is 5. The molecule has 5 nitrogen and oxygen atoms in total. The lowest BCUT2D eigenvalue weighted by atomic mass is 9.68. The van der Waals surface area contributed by atoms with E-state index in [4.69, 9.17) is 0 Å². The minimum Gasteiger partial charge on any atom is -0.338 e. The van der Waals surface area contributed by atoms with Crippen LogP contribution in [0.1, 0.15) is 48.4 Å². The molecule has 3 rings (SSSR count). The van der Waals surface area contributed by atoms with Crippen molar-refractivity contribution in [1.82, 2.24) is 9.88 Å². The molecule has 0 atom stereocenters. The van der Waals surface area contributed by atoms with Gasteiger partial charge in [0.2, 0.25) is 5.91 Å². The largest absolute Gasteiger partial charge is 0.338 e. The van der Waals surface area contributed by atoms with Crippen molar-refractivity contribution in [2.75, 3.05) is 13.3 Å². The zero-order valence-corrected chi connectivity index (χ0v) is 17.7. The normalized spacial score (nSPS) is 16.9. The number of nitrogens with zero attached hydrogens (tertiary/aromatic N) is 2. The summed E-state index contributed by atoms with van der Waals surface area (Å²) >= 11 is 1.57. The van der Waals surface area contributed by atoms with Crippen LogP contribution in [-0.2, 0) is 26.6 Å².